The molecule has 1 atom stereocenters. The lowest BCUT2D eigenvalue weighted by Gasteiger charge is -2.22. The van der Waals surface area contributed by atoms with Gasteiger partial charge in [-0.2, -0.15) is 0 Å². The first kappa shape index (κ1) is 13.5. The Kier molecular flexibility index (Phi) is 5.77. The maximum absolute atomic E-state index is 4.37. The molecule has 0 aliphatic heterocycles. The zero-order chi connectivity index (χ0) is 12.0. The third-order valence-electron chi connectivity index (χ3n) is 2.83. The van der Waals surface area contributed by atoms with Crippen LogP contribution in [0.15, 0.2) is 6.20 Å². The largest absolute Gasteiger partial charge is 0.362 e. The topological polar surface area (TPSA) is 28.2 Å². The van der Waals surface area contributed by atoms with Crippen LogP contribution in [0.2, 0.25) is 0 Å². The predicted molar refractivity (Wildman–Crippen MR) is 72.1 cm³/mol. The fraction of sp³-hybridized carbons (Fsp3) is 0.750. The van der Waals surface area contributed by atoms with Crippen LogP contribution in [0.1, 0.15) is 38.5 Å². The van der Waals surface area contributed by atoms with Crippen molar-refractivity contribution in [2.45, 2.75) is 46.2 Å². The highest BCUT2D eigenvalue weighted by molar-refractivity contribution is 7.15. The first-order valence-electron chi connectivity index (χ1n) is 6.06. The molecule has 0 saturated carbocycles. The summed E-state index contributed by atoms with van der Waals surface area (Å²) in [5, 5.41) is 4.37. The molecule has 0 spiro atoms. The van der Waals surface area contributed by atoms with Gasteiger partial charge in [0, 0.05) is 30.2 Å². The second-order valence-electron chi connectivity index (χ2n) is 4.23. The lowest BCUT2D eigenvalue weighted by Crippen LogP contribution is -2.27. The van der Waals surface area contributed by atoms with Crippen LogP contribution in [-0.2, 0) is 6.54 Å². The van der Waals surface area contributed by atoms with E-state index in [1.165, 1.54) is 11.3 Å². The number of thiazole rings is 1. The van der Waals surface area contributed by atoms with Crippen LogP contribution in [0.5, 0.6) is 0 Å². The fourth-order valence-electron chi connectivity index (χ4n) is 1.41. The van der Waals surface area contributed by atoms with Crippen molar-refractivity contribution in [3.05, 3.63) is 11.1 Å². The first-order chi connectivity index (χ1) is 7.67. The number of nitrogens with zero attached hydrogens (tertiary/aromatic N) is 2. The van der Waals surface area contributed by atoms with E-state index >= 15 is 0 Å². The molecule has 0 aromatic carbocycles. The second-order valence-corrected chi connectivity index (χ2v) is 5.35. The lowest BCUT2D eigenvalue weighted by molar-refractivity contribution is 0.246. The van der Waals surface area contributed by atoms with E-state index in [0.717, 1.165) is 24.6 Å². The van der Waals surface area contributed by atoms with Gasteiger partial charge in [-0.25, -0.2) is 4.98 Å². The highest BCUT2D eigenvalue weighted by atomic mass is 32.1. The van der Waals surface area contributed by atoms with Crippen LogP contribution in [0.25, 0.3) is 0 Å². The van der Waals surface area contributed by atoms with Gasteiger partial charge in [-0.15, -0.1) is 11.3 Å². The molecule has 16 heavy (non-hydrogen) atoms. The van der Waals surface area contributed by atoms with Gasteiger partial charge in [-0.3, -0.25) is 4.90 Å². The second kappa shape index (κ2) is 6.86. The summed E-state index contributed by atoms with van der Waals surface area (Å²) in [5.41, 5.74) is 0. The molecule has 0 saturated heterocycles. The van der Waals surface area contributed by atoms with Crippen molar-refractivity contribution in [2.75, 3.05) is 18.9 Å². The third-order valence-corrected chi connectivity index (χ3v) is 3.77. The standard InChI is InChI=1S/C12H23N3S/c1-5-7-13-12-14-8-11(16-12)9-15(4)10(3)6-2/h8,10H,5-7,9H2,1-4H3,(H,13,14). The number of rotatable bonds is 7. The molecule has 0 radical (unpaired) electrons. The lowest BCUT2D eigenvalue weighted by atomic mass is 10.2. The third kappa shape index (κ3) is 4.10. The minimum Gasteiger partial charge on any atom is -0.362 e. The molecule has 0 amide bonds. The van der Waals surface area contributed by atoms with Crippen LogP contribution in [0.3, 0.4) is 0 Å². The number of aromatic nitrogens is 1. The van der Waals surface area contributed by atoms with E-state index in [1.807, 2.05) is 6.20 Å². The average molecular weight is 241 g/mol. The zero-order valence-corrected chi connectivity index (χ0v) is 11.6. The normalized spacial score (nSPS) is 13.1. The number of hydrogen-bond acceptors (Lipinski definition) is 4. The SMILES string of the molecule is CCCNc1ncc(CN(C)C(C)CC)s1. The van der Waals surface area contributed by atoms with Gasteiger partial charge in [0.05, 0.1) is 0 Å². The molecule has 1 rings (SSSR count). The van der Waals surface area contributed by atoms with Gasteiger partial charge in [-0.1, -0.05) is 13.8 Å². The summed E-state index contributed by atoms with van der Waals surface area (Å²) in [7, 11) is 2.17. The van der Waals surface area contributed by atoms with Crippen molar-refractivity contribution in [1.82, 2.24) is 9.88 Å². The van der Waals surface area contributed by atoms with Gasteiger partial charge in [0.2, 0.25) is 0 Å². The highest BCUT2D eigenvalue weighted by Crippen LogP contribution is 2.20. The van der Waals surface area contributed by atoms with Gasteiger partial charge in [0.15, 0.2) is 5.13 Å². The minimum atomic E-state index is 0.633. The molecule has 1 N–H and O–H groups in total. The van der Waals surface area contributed by atoms with E-state index in [2.05, 4.69) is 43.0 Å². The minimum absolute atomic E-state index is 0.633. The van der Waals surface area contributed by atoms with Crippen molar-refractivity contribution < 1.29 is 0 Å². The zero-order valence-electron chi connectivity index (χ0n) is 10.8. The van der Waals surface area contributed by atoms with Crippen molar-refractivity contribution >= 4 is 16.5 Å². The Hall–Kier alpha value is -0.610. The Morgan fingerprint density at radius 2 is 2.25 bits per heavy atom. The summed E-state index contributed by atoms with van der Waals surface area (Å²) in [6.07, 6.45) is 4.32. The van der Waals surface area contributed by atoms with E-state index in [1.54, 1.807) is 11.3 Å². The fourth-order valence-corrected chi connectivity index (χ4v) is 2.31. The van der Waals surface area contributed by atoms with Crippen LogP contribution >= 0.6 is 11.3 Å². The number of nitrogens with one attached hydrogen (secondary N) is 1. The smallest absolute Gasteiger partial charge is 0.182 e. The van der Waals surface area contributed by atoms with E-state index in [4.69, 9.17) is 0 Å². The van der Waals surface area contributed by atoms with Gasteiger partial charge in [0.25, 0.3) is 0 Å². The maximum atomic E-state index is 4.37. The van der Waals surface area contributed by atoms with E-state index in [0.29, 0.717) is 6.04 Å². The van der Waals surface area contributed by atoms with E-state index in [9.17, 15) is 0 Å². The van der Waals surface area contributed by atoms with E-state index < -0.39 is 0 Å². The number of anilines is 1. The molecule has 0 aliphatic carbocycles. The summed E-state index contributed by atoms with van der Waals surface area (Å²) in [6.45, 7) is 8.66. The molecule has 1 aromatic rings. The quantitative estimate of drug-likeness (QED) is 0.794. The summed E-state index contributed by atoms with van der Waals surface area (Å²) < 4.78 is 0. The Bertz CT molecular complexity index is 298. The van der Waals surface area contributed by atoms with Crippen molar-refractivity contribution in [2.24, 2.45) is 0 Å². The first-order valence-corrected chi connectivity index (χ1v) is 6.87. The summed E-state index contributed by atoms with van der Waals surface area (Å²) in [4.78, 5) is 8.08. The molecule has 1 heterocycles. The Morgan fingerprint density at radius 3 is 2.88 bits per heavy atom. The Labute approximate surface area is 103 Å². The molecule has 92 valence electrons. The van der Waals surface area contributed by atoms with Gasteiger partial charge < -0.3 is 5.32 Å². The van der Waals surface area contributed by atoms with Crippen LogP contribution in [-0.4, -0.2) is 29.5 Å². The predicted octanol–water partition coefficient (Wildman–Crippen LogP) is 3.20. The van der Waals surface area contributed by atoms with Crippen LogP contribution in [0.4, 0.5) is 5.13 Å². The molecule has 0 bridgehead atoms. The Morgan fingerprint density at radius 1 is 1.50 bits per heavy atom. The summed E-state index contributed by atoms with van der Waals surface area (Å²) in [5.74, 6) is 0. The molecule has 0 fully saturated rings. The van der Waals surface area contributed by atoms with Gasteiger partial charge in [0.1, 0.15) is 0 Å². The van der Waals surface area contributed by atoms with Crippen LogP contribution in [0, 0.1) is 0 Å². The molecule has 4 heteroatoms. The molecular formula is C12H23N3S. The van der Waals surface area contributed by atoms with Gasteiger partial charge >= 0.3 is 0 Å². The average Bonchev–Trinajstić information content (AvgIpc) is 2.72. The van der Waals surface area contributed by atoms with Crippen molar-refractivity contribution in [3.8, 4) is 0 Å². The van der Waals surface area contributed by atoms with E-state index in [-0.39, 0.29) is 0 Å². The monoisotopic (exact) mass is 241 g/mol. The molecular weight excluding hydrogens is 218 g/mol. The van der Waals surface area contributed by atoms with Crippen molar-refractivity contribution in [1.29, 1.82) is 0 Å². The maximum Gasteiger partial charge on any atom is 0.182 e. The Balaban J connectivity index is 2.45. The number of hydrogen-bond donors (Lipinski definition) is 1. The highest BCUT2D eigenvalue weighted by Gasteiger charge is 2.09. The molecule has 3 nitrogen and oxygen atoms in total. The molecule has 1 aromatic heterocycles. The van der Waals surface area contributed by atoms with Crippen molar-refractivity contribution in [3.63, 3.8) is 0 Å². The molecule has 1 unspecified atom stereocenters. The van der Waals surface area contributed by atoms with Gasteiger partial charge in [-0.05, 0) is 26.8 Å². The summed E-state index contributed by atoms with van der Waals surface area (Å²) in [6, 6.07) is 0.633. The summed E-state index contributed by atoms with van der Waals surface area (Å²) >= 11 is 1.77. The van der Waals surface area contributed by atoms with Crippen LogP contribution < -0.4 is 5.32 Å². The molecule has 0 aliphatic rings.